The number of ether oxygens (including phenoxy) is 1. The van der Waals surface area contributed by atoms with Crippen molar-refractivity contribution in [3.05, 3.63) is 213 Å². The first-order valence-corrected chi connectivity index (χ1v) is 34.2. The minimum atomic E-state index is -4.27. The molecule has 1 aliphatic carbocycles. The molecule has 496 valence electrons. The molecule has 0 radical (unpaired) electrons. The zero-order valence-corrected chi connectivity index (χ0v) is 56.0. The first kappa shape index (κ1) is 67.3. The Bertz CT molecular complexity index is 4680. The summed E-state index contributed by atoms with van der Waals surface area (Å²) < 4.78 is 42.2. The van der Waals surface area contributed by atoms with Crippen molar-refractivity contribution >= 4 is 101 Å². The van der Waals surface area contributed by atoms with Crippen molar-refractivity contribution in [1.29, 1.82) is 0 Å². The largest absolute Gasteiger partial charge is 0.444 e. The highest BCUT2D eigenvalue weighted by molar-refractivity contribution is 7.86. The molecule has 3 aliphatic rings. The van der Waals surface area contributed by atoms with Gasteiger partial charge in [0.05, 0.1) is 29.1 Å². The third-order valence-electron chi connectivity index (χ3n) is 18.5. The van der Waals surface area contributed by atoms with Crippen molar-refractivity contribution in [2.75, 3.05) is 42.1 Å². The molecule has 0 bridgehead atoms. The molecular formula is C75H82N11O9S+. The number of hydrogen-bond donors (Lipinski definition) is 7. The highest BCUT2D eigenvalue weighted by Gasteiger charge is 2.46. The van der Waals surface area contributed by atoms with Crippen LogP contribution in [0.15, 0.2) is 173 Å². The third kappa shape index (κ3) is 14.6. The van der Waals surface area contributed by atoms with Crippen LogP contribution in [0, 0.1) is 5.92 Å². The first-order chi connectivity index (χ1) is 46.0. The molecule has 0 saturated carbocycles. The second-order valence-corrected chi connectivity index (χ2v) is 28.1. The Hall–Kier alpha value is -10.1. The first-order valence-electron chi connectivity index (χ1n) is 32.7. The van der Waals surface area contributed by atoms with Crippen LogP contribution in [0.4, 0.5) is 23.0 Å². The number of aromatic amines is 1. The van der Waals surface area contributed by atoms with Crippen LogP contribution < -0.4 is 37.5 Å². The number of aromatic nitrogens is 4. The van der Waals surface area contributed by atoms with E-state index in [-0.39, 0.29) is 85.3 Å². The number of allylic oxidation sites excluding steroid dienone is 8. The molecular weight excluding hydrogens is 1230 g/mol. The Kier molecular flexibility index (Phi) is 19.9. The normalized spacial score (nSPS) is 16.6. The molecule has 0 spiro atoms. The van der Waals surface area contributed by atoms with E-state index >= 15 is 0 Å². The molecule has 1 unspecified atom stereocenters. The van der Waals surface area contributed by atoms with Gasteiger partial charge in [-0.25, -0.2) is 9.97 Å². The summed E-state index contributed by atoms with van der Waals surface area (Å²) in [6.07, 6.45) is 13.0. The van der Waals surface area contributed by atoms with Crippen LogP contribution >= 0.6 is 0 Å². The van der Waals surface area contributed by atoms with Gasteiger partial charge in [0, 0.05) is 90.2 Å². The Balaban J connectivity index is 0.796. The van der Waals surface area contributed by atoms with Gasteiger partial charge in [-0.2, -0.15) is 18.0 Å². The van der Waals surface area contributed by atoms with Crippen molar-refractivity contribution in [2.45, 2.75) is 122 Å². The molecule has 8 aromatic rings. The highest BCUT2D eigenvalue weighted by Crippen LogP contribution is 2.52. The number of hydrogen-bond acceptors (Lipinski definition) is 14. The molecule has 0 fully saturated rings. The molecule has 2 aliphatic heterocycles. The van der Waals surface area contributed by atoms with Crippen LogP contribution in [0.5, 0.6) is 0 Å². The predicted molar refractivity (Wildman–Crippen MR) is 378 cm³/mol. The number of benzene rings is 6. The summed E-state index contributed by atoms with van der Waals surface area (Å²) in [6.45, 7) is 17.1. The fourth-order valence-corrected chi connectivity index (χ4v) is 13.9. The van der Waals surface area contributed by atoms with Crippen LogP contribution in [0.25, 0.3) is 38.3 Å². The van der Waals surface area contributed by atoms with E-state index in [9.17, 15) is 36.9 Å². The van der Waals surface area contributed by atoms with E-state index < -0.39 is 38.5 Å². The van der Waals surface area contributed by atoms with Gasteiger partial charge in [-0.15, -0.1) is 0 Å². The summed E-state index contributed by atoms with van der Waals surface area (Å²) in [5.41, 5.74) is 17.5. The van der Waals surface area contributed by atoms with Crippen LogP contribution in [-0.2, 0) is 41.8 Å². The lowest BCUT2D eigenvalue weighted by Gasteiger charge is -2.28. The maximum absolute atomic E-state index is 13.8. The van der Waals surface area contributed by atoms with Gasteiger partial charge in [-0.1, -0.05) is 107 Å². The summed E-state index contributed by atoms with van der Waals surface area (Å²) >= 11 is 0. The van der Waals surface area contributed by atoms with Crippen molar-refractivity contribution in [3.63, 3.8) is 0 Å². The standard InChI is InChI=1S/C75H81N11O9S/c1-46(2)37-41-85-59-31-25-48-13-8-10-17-57(48)66(59)74(4,5)61(85)33-27-50-15-12-16-51(28-34-62-75(6,7)67-58-18-11-9-14-49(58)26-32-60(67)86(62)42-38-47(3)96(92,93)94)65(50)52-19-21-53(22-20-52)70(89)78-40-39-77-63(88)35-36-64(95-45-87)82-71(90)54-23-29-55(30-24-54)79-43-56-44-80-69-68(81-56)72(91)84-73(76)83-69/h8-11,13-14,17-34,44-47,64H,12,15-16,35-43H2,1-7H3,(H7-,76,77,78,79,80,82,83,84,88,89,90,91,92,93,94)/p+1/t47?,64-/m1/s1. The predicted octanol–water partition coefficient (Wildman–Crippen LogP) is 11.7. The number of rotatable bonds is 25. The van der Waals surface area contributed by atoms with Crippen LogP contribution in [-0.4, -0.2) is 105 Å². The minimum absolute atomic E-state index is 0.0182. The van der Waals surface area contributed by atoms with Crippen molar-refractivity contribution < 1.29 is 41.5 Å². The molecule has 96 heavy (non-hydrogen) atoms. The van der Waals surface area contributed by atoms with Gasteiger partial charge >= 0.3 is 0 Å². The van der Waals surface area contributed by atoms with Crippen molar-refractivity contribution in [1.82, 2.24) is 35.9 Å². The maximum Gasteiger partial charge on any atom is 0.295 e. The molecule has 6 aromatic carbocycles. The lowest BCUT2D eigenvalue weighted by molar-refractivity contribution is -0.438. The zero-order chi connectivity index (χ0) is 68.1. The van der Waals surface area contributed by atoms with E-state index in [1.54, 1.807) is 31.2 Å². The Labute approximate surface area is 558 Å². The van der Waals surface area contributed by atoms with Crippen LogP contribution in [0.1, 0.15) is 137 Å². The topological polar surface area (TPSA) is 284 Å². The van der Waals surface area contributed by atoms with Gasteiger partial charge in [-0.3, -0.25) is 33.5 Å². The number of carbonyl (C=O) groups excluding carboxylic acids is 4. The summed E-state index contributed by atoms with van der Waals surface area (Å²) in [5.74, 6) is -0.804. The van der Waals surface area contributed by atoms with Gasteiger partial charge in [0.1, 0.15) is 0 Å². The second kappa shape index (κ2) is 28.5. The third-order valence-corrected chi connectivity index (χ3v) is 19.8. The van der Waals surface area contributed by atoms with Crippen molar-refractivity contribution in [3.8, 4) is 0 Å². The number of fused-ring (bicyclic) bond motifs is 7. The number of nitrogens with zero attached hydrogens (tertiary/aromatic N) is 5. The number of carbonyl (C=O) groups is 4. The van der Waals surface area contributed by atoms with Gasteiger partial charge in [-0.05, 0) is 156 Å². The van der Waals surface area contributed by atoms with Gasteiger partial charge in [0.25, 0.3) is 34.0 Å². The molecule has 11 rings (SSSR count). The Morgan fingerprint density at radius 3 is 2.17 bits per heavy atom. The van der Waals surface area contributed by atoms with Crippen LogP contribution in [0.2, 0.25) is 0 Å². The van der Waals surface area contributed by atoms with E-state index in [1.807, 2.05) is 36.4 Å². The molecule has 21 heteroatoms. The SMILES string of the molecule is CC(C)CCN1/C(=C/C=C2\CCCC(/C=C/C3=[N+](CCC(C)S(=O)(=O)O)c4ccc5ccccc5c4C3(C)C)=C2c2ccc(C(=O)NCCNC(=O)CC[C@H](NC(=O)c3ccc(NCc4cnc5nc(N)[nH]c(=O)c5n4)cc3)OC=O)cc2)C(C)(C)c2c1ccc1ccccc21. The maximum atomic E-state index is 13.8. The molecule has 2 atom stereocenters. The second-order valence-electron chi connectivity index (χ2n) is 26.3. The number of amides is 3. The van der Waals surface area contributed by atoms with Gasteiger partial charge in [0.2, 0.25) is 17.5 Å². The number of anilines is 3. The summed E-state index contributed by atoms with van der Waals surface area (Å²) in [6, 6.07) is 39.8. The number of nitrogens with one attached hydrogen (secondary N) is 5. The molecule has 8 N–H and O–H groups in total. The Morgan fingerprint density at radius 1 is 0.781 bits per heavy atom. The minimum Gasteiger partial charge on any atom is -0.444 e. The average molecular weight is 1310 g/mol. The zero-order valence-electron chi connectivity index (χ0n) is 55.2. The lowest BCUT2D eigenvalue weighted by Crippen LogP contribution is -2.39. The fraction of sp³-hybridized carbons (Fsp3) is 0.320. The number of nitrogen functional groups attached to an aromatic ring is 1. The van der Waals surface area contributed by atoms with Gasteiger partial charge in [0.15, 0.2) is 29.6 Å². The van der Waals surface area contributed by atoms with E-state index in [2.05, 4.69) is 177 Å². The summed E-state index contributed by atoms with van der Waals surface area (Å²) in [5, 5.41) is 15.3. The molecule has 3 amide bonds. The fourth-order valence-electron chi connectivity index (χ4n) is 13.5. The lowest BCUT2D eigenvalue weighted by atomic mass is 9.78. The smallest absolute Gasteiger partial charge is 0.295 e. The molecule has 0 saturated heterocycles. The monoisotopic (exact) mass is 1310 g/mol. The number of nitrogens with two attached hydrogens (primary N) is 1. The van der Waals surface area contributed by atoms with Gasteiger partial charge < -0.3 is 36.6 Å². The Morgan fingerprint density at radius 2 is 1.46 bits per heavy atom. The summed E-state index contributed by atoms with van der Waals surface area (Å²) in [7, 11) is -4.27. The number of H-pyrrole nitrogens is 1. The molecule has 4 heterocycles. The quantitative estimate of drug-likeness (QED) is 0.00921. The van der Waals surface area contributed by atoms with E-state index in [4.69, 9.17) is 10.5 Å². The molecule has 2 aromatic heterocycles. The summed E-state index contributed by atoms with van der Waals surface area (Å²) in [4.78, 5) is 81.2. The highest BCUT2D eigenvalue weighted by atomic mass is 32.2. The van der Waals surface area contributed by atoms with E-state index in [1.165, 1.54) is 33.9 Å². The average Bonchev–Trinajstić information content (AvgIpc) is 1.57. The van der Waals surface area contributed by atoms with Crippen LogP contribution in [0.3, 0.4) is 0 Å². The van der Waals surface area contributed by atoms with E-state index in [0.29, 0.717) is 29.4 Å². The molecule has 20 nitrogen and oxygen atoms in total. The van der Waals surface area contributed by atoms with Crippen molar-refractivity contribution in [2.24, 2.45) is 5.92 Å². The van der Waals surface area contributed by atoms with E-state index in [0.717, 1.165) is 82.2 Å².